The first-order valence-electron chi connectivity index (χ1n) is 8.35. The summed E-state index contributed by atoms with van der Waals surface area (Å²) >= 11 is 0. The number of carbonyl (C=O) groups excluding carboxylic acids is 2. The summed E-state index contributed by atoms with van der Waals surface area (Å²) in [4.78, 5) is 23.9. The van der Waals surface area contributed by atoms with Crippen LogP contribution < -0.4 is 10.6 Å². The Balaban J connectivity index is 1.78. The van der Waals surface area contributed by atoms with E-state index in [1.807, 2.05) is 31.2 Å². The average molecular weight is 340 g/mol. The van der Waals surface area contributed by atoms with Gasteiger partial charge in [-0.15, -0.1) is 0 Å². The number of benzene rings is 2. The van der Waals surface area contributed by atoms with Gasteiger partial charge in [0.05, 0.1) is 12.6 Å². The Hall–Kier alpha value is -2.66. The molecule has 0 fully saturated rings. The highest BCUT2D eigenvalue weighted by molar-refractivity contribution is 5.95. The molecule has 2 aromatic carbocycles. The minimum Gasteiger partial charge on any atom is -0.389 e. The molecule has 0 aliphatic carbocycles. The van der Waals surface area contributed by atoms with Crippen LogP contribution >= 0.6 is 0 Å². The van der Waals surface area contributed by atoms with Crippen LogP contribution in [0, 0.1) is 6.92 Å². The molecule has 2 aromatic rings. The van der Waals surface area contributed by atoms with Gasteiger partial charge in [-0.05, 0) is 31.9 Å². The zero-order valence-corrected chi connectivity index (χ0v) is 14.6. The molecule has 0 aromatic heterocycles. The molecule has 0 saturated heterocycles. The topological polar surface area (TPSA) is 78.4 Å². The quantitative estimate of drug-likeness (QED) is 0.725. The molecule has 0 bridgehead atoms. The van der Waals surface area contributed by atoms with E-state index in [0.717, 1.165) is 5.56 Å². The van der Waals surface area contributed by atoms with E-state index in [4.69, 9.17) is 0 Å². The minimum absolute atomic E-state index is 0.0964. The summed E-state index contributed by atoms with van der Waals surface area (Å²) in [6.07, 6.45) is 0.291. The number of hydrogen-bond acceptors (Lipinski definition) is 3. The second-order valence-electron chi connectivity index (χ2n) is 6.07. The minimum atomic E-state index is -0.680. The van der Waals surface area contributed by atoms with E-state index < -0.39 is 6.10 Å². The van der Waals surface area contributed by atoms with Gasteiger partial charge in [-0.2, -0.15) is 0 Å². The lowest BCUT2D eigenvalue weighted by Gasteiger charge is -2.13. The molecule has 132 valence electrons. The van der Waals surface area contributed by atoms with Gasteiger partial charge in [-0.25, -0.2) is 0 Å². The second kappa shape index (κ2) is 8.99. The molecule has 0 saturated carbocycles. The van der Waals surface area contributed by atoms with Crippen LogP contribution in [-0.4, -0.2) is 23.5 Å². The number of anilines is 1. The second-order valence-corrected chi connectivity index (χ2v) is 6.07. The summed E-state index contributed by atoms with van der Waals surface area (Å²) in [7, 11) is 0. The van der Waals surface area contributed by atoms with Gasteiger partial charge in [0.1, 0.15) is 0 Å². The van der Waals surface area contributed by atoms with Crippen LogP contribution in [0.3, 0.4) is 0 Å². The van der Waals surface area contributed by atoms with Crippen LogP contribution in [0.15, 0.2) is 48.5 Å². The number of nitrogens with one attached hydrogen (secondary N) is 2. The Morgan fingerprint density at radius 1 is 1.04 bits per heavy atom. The third kappa shape index (κ3) is 6.04. The van der Waals surface area contributed by atoms with E-state index in [-0.39, 0.29) is 18.4 Å². The van der Waals surface area contributed by atoms with Crippen molar-refractivity contribution in [2.75, 3.05) is 11.9 Å². The van der Waals surface area contributed by atoms with Crippen molar-refractivity contribution in [3.8, 4) is 0 Å². The molecule has 2 rings (SSSR count). The molecule has 5 heteroatoms. The molecule has 25 heavy (non-hydrogen) atoms. The van der Waals surface area contributed by atoms with Gasteiger partial charge in [0.25, 0.3) is 0 Å². The number of aryl methyl sites for hydroxylation is 2. The Labute approximate surface area is 148 Å². The van der Waals surface area contributed by atoms with Gasteiger partial charge >= 0.3 is 0 Å². The fraction of sp³-hybridized carbons (Fsp3) is 0.300. The number of para-hydroxylation sites is 1. The molecule has 2 amide bonds. The van der Waals surface area contributed by atoms with Gasteiger partial charge in [0.15, 0.2) is 0 Å². The third-order valence-electron chi connectivity index (χ3n) is 3.89. The van der Waals surface area contributed by atoms with E-state index in [1.165, 1.54) is 5.56 Å². The summed E-state index contributed by atoms with van der Waals surface area (Å²) in [6, 6.07) is 15.1. The number of amides is 2. The van der Waals surface area contributed by atoms with Gasteiger partial charge in [-0.1, -0.05) is 48.0 Å². The van der Waals surface area contributed by atoms with Crippen LogP contribution in [0.1, 0.15) is 36.1 Å². The maximum absolute atomic E-state index is 12.0. The highest BCUT2D eigenvalue weighted by Crippen LogP contribution is 2.21. The third-order valence-corrected chi connectivity index (χ3v) is 3.89. The van der Waals surface area contributed by atoms with Gasteiger partial charge in [0.2, 0.25) is 11.8 Å². The first-order valence-corrected chi connectivity index (χ1v) is 8.35. The van der Waals surface area contributed by atoms with E-state index in [9.17, 15) is 14.7 Å². The molecular formula is C20H24N2O3. The summed E-state index contributed by atoms with van der Waals surface area (Å²) < 4.78 is 0. The van der Waals surface area contributed by atoms with Crippen molar-refractivity contribution >= 4 is 17.5 Å². The number of carbonyl (C=O) groups is 2. The van der Waals surface area contributed by atoms with Crippen molar-refractivity contribution in [3.05, 3.63) is 65.2 Å². The monoisotopic (exact) mass is 340 g/mol. The standard InChI is InChI=1S/C20H24N2O3/c1-14-7-9-16(10-8-14)11-12-19(24)21-13-20(25)22-18-6-4-3-5-17(18)15(2)23/h3-10,15,23H,11-13H2,1-2H3,(H,21,24)(H,22,25). The van der Waals surface area contributed by atoms with Crippen molar-refractivity contribution in [1.82, 2.24) is 5.32 Å². The Morgan fingerprint density at radius 2 is 1.72 bits per heavy atom. The summed E-state index contributed by atoms with van der Waals surface area (Å²) in [5.74, 6) is -0.490. The van der Waals surface area contributed by atoms with Crippen molar-refractivity contribution in [3.63, 3.8) is 0 Å². The number of aliphatic hydroxyl groups excluding tert-OH is 1. The predicted octanol–water partition coefficient (Wildman–Crippen LogP) is 2.74. The summed E-state index contributed by atoms with van der Waals surface area (Å²) in [6.45, 7) is 3.56. The van der Waals surface area contributed by atoms with Crippen molar-refractivity contribution in [2.45, 2.75) is 32.8 Å². The Morgan fingerprint density at radius 3 is 2.40 bits per heavy atom. The summed E-state index contributed by atoms with van der Waals surface area (Å²) in [5, 5.41) is 15.0. The first kappa shape index (κ1) is 18.7. The highest BCUT2D eigenvalue weighted by Gasteiger charge is 2.11. The molecule has 5 nitrogen and oxygen atoms in total. The zero-order valence-electron chi connectivity index (χ0n) is 14.6. The first-order chi connectivity index (χ1) is 12.0. The largest absolute Gasteiger partial charge is 0.389 e. The van der Waals surface area contributed by atoms with Crippen LogP contribution in [0.25, 0.3) is 0 Å². The molecule has 0 aliphatic rings. The van der Waals surface area contributed by atoms with E-state index in [2.05, 4.69) is 10.6 Å². The van der Waals surface area contributed by atoms with E-state index in [1.54, 1.807) is 31.2 Å². The lowest BCUT2D eigenvalue weighted by atomic mass is 10.1. The number of hydrogen-bond donors (Lipinski definition) is 3. The maximum atomic E-state index is 12.0. The molecule has 1 unspecified atom stereocenters. The molecule has 0 aliphatic heterocycles. The van der Waals surface area contributed by atoms with E-state index in [0.29, 0.717) is 24.1 Å². The summed E-state index contributed by atoms with van der Waals surface area (Å²) in [5.41, 5.74) is 3.47. The molecule has 0 spiro atoms. The lowest BCUT2D eigenvalue weighted by molar-refractivity contribution is -0.124. The SMILES string of the molecule is Cc1ccc(CCC(=O)NCC(=O)Nc2ccccc2C(C)O)cc1. The fourth-order valence-electron chi connectivity index (χ4n) is 2.45. The molecule has 0 heterocycles. The van der Waals surface area contributed by atoms with Crippen LogP contribution in [-0.2, 0) is 16.0 Å². The Bertz CT molecular complexity index is 724. The van der Waals surface area contributed by atoms with Gasteiger partial charge in [-0.3, -0.25) is 9.59 Å². The normalized spacial score (nSPS) is 11.6. The Kier molecular flexibility index (Phi) is 6.71. The van der Waals surface area contributed by atoms with Crippen molar-refractivity contribution in [2.24, 2.45) is 0 Å². The maximum Gasteiger partial charge on any atom is 0.243 e. The molecule has 3 N–H and O–H groups in total. The van der Waals surface area contributed by atoms with Crippen LogP contribution in [0.2, 0.25) is 0 Å². The molecular weight excluding hydrogens is 316 g/mol. The zero-order chi connectivity index (χ0) is 18.2. The van der Waals surface area contributed by atoms with Crippen molar-refractivity contribution < 1.29 is 14.7 Å². The smallest absolute Gasteiger partial charge is 0.243 e. The van der Waals surface area contributed by atoms with Crippen LogP contribution in [0.5, 0.6) is 0 Å². The number of aliphatic hydroxyl groups is 1. The van der Waals surface area contributed by atoms with Crippen LogP contribution in [0.4, 0.5) is 5.69 Å². The van der Waals surface area contributed by atoms with Gasteiger partial charge < -0.3 is 15.7 Å². The predicted molar refractivity (Wildman–Crippen MR) is 98.2 cm³/mol. The average Bonchev–Trinajstić information content (AvgIpc) is 2.59. The molecule has 0 radical (unpaired) electrons. The molecule has 1 atom stereocenters. The lowest BCUT2D eigenvalue weighted by Crippen LogP contribution is -2.33. The van der Waals surface area contributed by atoms with Gasteiger partial charge in [0, 0.05) is 17.7 Å². The van der Waals surface area contributed by atoms with E-state index >= 15 is 0 Å². The van der Waals surface area contributed by atoms with Crippen molar-refractivity contribution in [1.29, 1.82) is 0 Å². The highest BCUT2D eigenvalue weighted by atomic mass is 16.3. The number of rotatable bonds is 7. The fourth-order valence-corrected chi connectivity index (χ4v) is 2.45.